The number of ether oxygens (including phenoxy) is 1. The summed E-state index contributed by atoms with van der Waals surface area (Å²) in [6.07, 6.45) is 1.22. The summed E-state index contributed by atoms with van der Waals surface area (Å²) in [4.78, 5) is 0.188. The van der Waals surface area contributed by atoms with Crippen LogP contribution >= 0.6 is 0 Å². The number of nitrogens with one attached hydrogen (secondary N) is 1. The summed E-state index contributed by atoms with van der Waals surface area (Å²) in [5.74, 6) is 0.227. The summed E-state index contributed by atoms with van der Waals surface area (Å²) in [6.45, 7) is 4.74. The van der Waals surface area contributed by atoms with Gasteiger partial charge in [-0.2, -0.15) is 0 Å². The lowest BCUT2D eigenvalue weighted by molar-refractivity contribution is 0.0884. The van der Waals surface area contributed by atoms with Crippen LogP contribution in [-0.2, 0) is 14.8 Å². The van der Waals surface area contributed by atoms with Crippen molar-refractivity contribution in [3.05, 3.63) is 29.8 Å². The summed E-state index contributed by atoms with van der Waals surface area (Å²) < 4.78 is 32.9. The molecule has 0 amide bonds. The lowest BCUT2D eigenvalue weighted by Crippen LogP contribution is -2.32. The fourth-order valence-corrected chi connectivity index (χ4v) is 3.77. The summed E-state index contributed by atoms with van der Waals surface area (Å²) in [5, 5.41) is 9.55. The van der Waals surface area contributed by atoms with Crippen molar-refractivity contribution in [1.82, 2.24) is 4.72 Å². The summed E-state index contributed by atoms with van der Waals surface area (Å²) >= 11 is 0. The van der Waals surface area contributed by atoms with E-state index in [1.165, 1.54) is 12.1 Å². The molecule has 1 saturated heterocycles. The molecule has 1 aliphatic heterocycles. The van der Waals surface area contributed by atoms with E-state index in [-0.39, 0.29) is 16.9 Å². The van der Waals surface area contributed by atoms with Crippen molar-refractivity contribution in [2.45, 2.75) is 43.8 Å². The average molecular weight is 313 g/mol. The maximum absolute atomic E-state index is 12.3. The fourth-order valence-electron chi connectivity index (χ4n) is 2.62. The van der Waals surface area contributed by atoms with Gasteiger partial charge in [0.1, 0.15) is 0 Å². The quantitative estimate of drug-likeness (QED) is 0.840. The minimum absolute atomic E-state index is 0.136. The van der Waals surface area contributed by atoms with Crippen molar-refractivity contribution >= 4 is 10.0 Å². The lowest BCUT2D eigenvalue weighted by Gasteiger charge is -2.17. The highest BCUT2D eigenvalue weighted by molar-refractivity contribution is 7.89. The number of rotatable bonds is 6. The van der Waals surface area contributed by atoms with Crippen LogP contribution in [0.3, 0.4) is 0 Å². The van der Waals surface area contributed by atoms with E-state index in [0.717, 1.165) is 12.8 Å². The molecule has 0 aliphatic carbocycles. The van der Waals surface area contributed by atoms with E-state index in [2.05, 4.69) is 4.72 Å². The van der Waals surface area contributed by atoms with Gasteiger partial charge in [0, 0.05) is 19.1 Å². The Hall–Kier alpha value is -0.950. The van der Waals surface area contributed by atoms with Gasteiger partial charge in [-0.05, 0) is 37.5 Å². The Morgan fingerprint density at radius 2 is 2.24 bits per heavy atom. The van der Waals surface area contributed by atoms with Crippen LogP contribution in [0, 0.1) is 5.92 Å². The zero-order chi connectivity index (χ0) is 15.5. The van der Waals surface area contributed by atoms with Gasteiger partial charge in [0.15, 0.2) is 0 Å². The van der Waals surface area contributed by atoms with Gasteiger partial charge < -0.3 is 9.84 Å². The van der Waals surface area contributed by atoms with Crippen molar-refractivity contribution in [3.8, 4) is 0 Å². The third-order valence-corrected chi connectivity index (χ3v) is 5.36. The highest BCUT2D eigenvalue weighted by Gasteiger charge is 2.28. The smallest absolute Gasteiger partial charge is 0.240 e. The van der Waals surface area contributed by atoms with Crippen LogP contribution < -0.4 is 4.72 Å². The average Bonchev–Trinajstić information content (AvgIpc) is 2.93. The molecule has 0 bridgehead atoms. The van der Waals surface area contributed by atoms with Crippen LogP contribution in [0.1, 0.15) is 38.4 Å². The molecule has 1 fully saturated rings. The summed E-state index contributed by atoms with van der Waals surface area (Å²) in [6, 6.07) is 6.40. The Morgan fingerprint density at radius 3 is 2.90 bits per heavy atom. The standard InChI is InChI=1S/C15H23NO4S/c1-3-15-13(7-8-20-15)10-16-21(18,19)14-6-4-5-12(9-14)11(2)17/h4-6,9,11,13,15-17H,3,7-8,10H2,1-2H3. The van der Waals surface area contributed by atoms with Crippen LogP contribution in [0.5, 0.6) is 0 Å². The predicted molar refractivity (Wildman–Crippen MR) is 80.4 cm³/mol. The van der Waals surface area contributed by atoms with E-state index in [1.54, 1.807) is 19.1 Å². The van der Waals surface area contributed by atoms with Gasteiger partial charge in [-0.1, -0.05) is 19.1 Å². The highest BCUT2D eigenvalue weighted by atomic mass is 32.2. The first-order chi connectivity index (χ1) is 9.94. The van der Waals surface area contributed by atoms with Gasteiger partial charge in [0.25, 0.3) is 0 Å². The molecule has 5 nitrogen and oxygen atoms in total. The second kappa shape index (κ2) is 6.87. The Labute approximate surface area is 126 Å². The van der Waals surface area contributed by atoms with Crippen LogP contribution in [0.25, 0.3) is 0 Å². The van der Waals surface area contributed by atoms with Gasteiger partial charge in [0.2, 0.25) is 10.0 Å². The molecule has 0 radical (unpaired) electrons. The number of benzene rings is 1. The molecule has 6 heteroatoms. The molecule has 1 aromatic carbocycles. The topological polar surface area (TPSA) is 75.6 Å². The minimum atomic E-state index is -3.55. The molecule has 0 spiro atoms. The Bertz CT molecular complexity index is 571. The highest BCUT2D eigenvalue weighted by Crippen LogP contribution is 2.23. The maximum Gasteiger partial charge on any atom is 0.240 e. The number of hydrogen-bond donors (Lipinski definition) is 2. The minimum Gasteiger partial charge on any atom is -0.389 e. The molecule has 2 N–H and O–H groups in total. The second-order valence-corrected chi connectivity index (χ2v) is 7.23. The van der Waals surface area contributed by atoms with Crippen molar-refractivity contribution in [2.75, 3.05) is 13.2 Å². The number of aliphatic hydroxyl groups excluding tert-OH is 1. The van der Waals surface area contributed by atoms with E-state index in [1.807, 2.05) is 6.92 Å². The van der Waals surface area contributed by atoms with E-state index >= 15 is 0 Å². The molecular weight excluding hydrogens is 290 g/mol. The normalized spacial score (nSPS) is 24.1. The molecular formula is C15H23NO4S. The predicted octanol–water partition coefficient (Wildman–Crippen LogP) is 1.83. The van der Waals surface area contributed by atoms with Gasteiger partial charge >= 0.3 is 0 Å². The SMILES string of the molecule is CCC1OCCC1CNS(=O)(=O)c1cccc(C(C)O)c1. The molecule has 1 aromatic rings. The van der Waals surface area contributed by atoms with E-state index in [4.69, 9.17) is 4.74 Å². The second-order valence-electron chi connectivity index (χ2n) is 5.47. The van der Waals surface area contributed by atoms with E-state index in [0.29, 0.717) is 18.7 Å². The first-order valence-corrected chi connectivity index (χ1v) is 8.81. The summed E-state index contributed by atoms with van der Waals surface area (Å²) in [5.41, 5.74) is 0.591. The number of aliphatic hydroxyl groups is 1. The van der Waals surface area contributed by atoms with E-state index < -0.39 is 16.1 Å². The van der Waals surface area contributed by atoms with Crippen molar-refractivity contribution < 1.29 is 18.3 Å². The molecule has 3 atom stereocenters. The van der Waals surface area contributed by atoms with Crippen LogP contribution in [0.15, 0.2) is 29.2 Å². The molecule has 2 rings (SSSR count). The molecule has 3 unspecified atom stereocenters. The summed E-state index contributed by atoms with van der Waals surface area (Å²) in [7, 11) is -3.55. The van der Waals surface area contributed by atoms with Crippen LogP contribution in [-0.4, -0.2) is 32.8 Å². The molecule has 0 saturated carbocycles. The van der Waals surface area contributed by atoms with Gasteiger partial charge in [0.05, 0.1) is 17.1 Å². The zero-order valence-corrected chi connectivity index (χ0v) is 13.3. The first-order valence-electron chi connectivity index (χ1n) is 7.33. The van der Waals surface area contributed by atoms with Crippen LogP contribution in [0.4, 0.5) is 0 Å². The largest absolute Gasteiger partial charge is 0.389 e. The van der Waals surface area contributed by atoms with E-state index in [9.17, 15) is 13.5 Å². The van der Waals surface area contributed by atoms with Gasteiger partial charge in [-0.15, -0.1) is 0 Å². The Morgan fingerprint density at radius 1 is 1.48 bits per heavy atom. The third kappa shape index (κ3) is 4.03. The molecule has 118 valence electrons. The van der Waals surface area contributed by atoms with Crippen molar-refractivity contribution in [3.63, 3.8) is 0 Å². The van der Waals surface area contributed by atoms with Crippen LogP contribution in [0.2, 0.25) is 0 Å². The van der Waals surface area contributed by atoms with Gasteiger partial charge in [-0.25, -0.2) is 13.1 Å². The number of sulfonamides is 1. The third-order valence-electron chi connectivity index (χ3n) is 3.94. The first kappa shape index (κ1) is 16.4. The monoisotopic (exact) mass is 313 g/mol. The van der Waals surface area contributed by atoms with Crippen molar-refractivity contribution in [2.24, 2.45) is 5.92 Å². The van der Waals surface area contributed by atoms with Gasteiger partial charge in [-0.3, -0.25) is 0 Å². The fraction of sp³-hybridized carbons (Fsp3) is 0.600. The maximum atomic E-state index is 12.3. The zero-order valence-electron chi connectivity index (χ0n) is 12.5. The Kier molecular flexibility index (Phi) is 5.37. The number of hydrogen-bond acceptors (Lipinski definition) is 4. The molecule has 1 aliphatic rings. The Balaban J connectivity index is 2.06. The lowest BCUT2D eigenvalue weighted by atomic mass is 10.0. The molecule has 1 heterocycles. The van der Waals surface area contributed by atoms with Crippen molar-refractivity contribution in [1.29, 1.82) is 0 Å². The molecule has 21 heavy (non-hydrogen) atoms. The molecule has 0 aromatic heterocycles.